The minimum Gasteiger partial charge on any atom is -0.494 e. The summed E-state index contributed by atoms with van der Waals surface area (Å²) in [5, 5.41) is 3.14. The van der Waals surface area contributed by atoms with Gasteiger partial charge in [0.2, 0.25) is 5.91 Å². The van der Waals surface area contributed by atoms with Gasteiger partial charge in [-0.1, -0.05) is 42.7 Å². The number of ether oxygens (including phenoxy) is 1. The number of rotatable bonds is 9. The van der Waals surface area contributed by atoms with E-state index in [0.717, 1.165) is 42.8 Å². The second kappa shape index (κ2) is 11.4. The Morgan fingerprint density at radius 2 is 1.76 bits per heavy atom. The first-order chi connectivity index (χ1) is 17.8. The molecule has 1 aliphatic rings. The SMILES string of the molecule is CCOc1ccc(N(C(=O)c2snc(C(N)=O)c2N)C(C(=O)NC2CCCC2)c2ccc(C)cc2)cc1. The highest BCUT2D eigenvalue weighted by molar-refractivity contribution is 7.09. The number of nitrogen functional groups attached to an aromatic ring is 1. The molecule has 5 N–H and O–H groups in total. The number of nitrogens with zero attached hydrogens (tertiary/aromatic N) is 2. The number of hydrogen-bond donors (Lipinski definition) is 3. The summed E-state index contributed by atoms with van der Waals surface area (Å²) in [6.45, 7) is 4.33. The molecule has 9 nitrogen and oxygen atoms in total. The van der Waals surface area contributed by atoms with Gasteiger partial charge in [-0.3, -0.25) is 19.3 Å². The van der Waals surface area contributed by atoms with Crippen molar-refractivity contribution in [2.24, 2.45) is 5.73 Å². The van der Waals surface area contributed by atoms with Crippen LogP contribution in [0.4, 0.5) is 11.4 Å². The van der Waals surface area contributed by atoms with Gasteiger partial charge in [-0.15, -0.1) is 0 Å². The molecule has 2 aromatic carbocycles. The average Bonchev–Trinajstić information content (AvgIpc) is 3.53. The molecule has 1 saturated carbocycles. The fourth-order valence-corrected chi connectivity index (χ4v) is 5.25. The van der Waals surface area contributed by atoms with Crippen LogP contribution in [0.25, 0.3) is 0 Å². The molecule has 3 amide bonds. The Balaban J connectivity index is 1.83. The number of aryl methyl sites for hydroxylation is 1. The van der Waals surface area contributed by atoms with Crippen LogP contribution < -0.4 is 26.4 Å². The predicted octanol–water partition coefficient (Wildman–Crippen LogP) is 3.98. The van der Waals surface area contributed by atoms with Crippen molar-refractivity contribution >= 4 is 40.6 Å². The molecule has 194 valence electrons. The summed E-state index contributed by atoms with van der Waals surface area (Å²) in [6, 6.07) is 13.5. The lowest BCUT2D eigenvalue weighted by Crippen LogP contribution is -2.46. The Morgan fingerprint density at radius 3 is 2.32 bits per heavy atom. The van der Waals surface area contributed by atoms with Gasteiger partial charge in [0.15, 0.2) is 5.69 Å². The molecule has 1 fully saturated rings. The zero-order valence-electron chi connectivity index (χ0n) is 20.9. The molecule has 0 saturated heterocycles. The fourth-order valence-electron chi connectivity index (χ4n) is 4.51. The van der Waals surface area contributed by atoms with Crippen LogP contribution in [0.15, 0.2) is 48.5 Å². The van der Waals surface area contributed by atoms with E-state index in [0.29, 0.717) is 23.6 Å². The maximum absolute atomic E-state index is 14.1. The Kier molecular flexibility index (Phi) is 8.08. The summed E-state index contributed by atoms with van der Waals surface area (Å²) in [5.74, 6) is -1.04. The number of hydrogen-bond acceptors (Lipinski definition) is 7. The monoisotopic (exact) mass is 521 g/mol. The van der Waals surface area contributed by atoms with Crippen molar-refractivity contribution in [2.75, 3.05) is 17.2 Å². The third-order valence-electron chi connectivity index (χ3n) is 6.40. The molecule has 1 unspecified atom stereocenters. The molecular weight excluding hydrogens is 490 g/mol. The zero-order valence-corrected chi connectivity index (χ0v) is 21.7. The van der Waals surface area contributed by atoms with Gasteiger partial charge in [-0.05, 0) is 68.1 Å². The number of aromatic nitrogens is 1. The molecule has 3 aromatic rings. The number of amides is 3. The standard InChI is InChI=1S/C27H31N5O4S/c1-3-36-20-14-12-19(13-15-20)32(27(35)24-21(28)22(25(29)33)31-37-24)23(17-10-8-16(2)9-11-17)26(34)30-18-6-4-5-7-18/h8-15,18,23H,3-7,28H2,1-2H3,(H2,29,33)(H,30,34). The van der Waals surface area contributed by atoms with Crippen molar-refractivity contribution in [3.63, 3.8) is 0 Å². The van der Waals surface area contributed by atoms with Crippen molar-refractivity contribution < 1.29 is 19.1 Å². The molecule has 4 rings (SSSR count). The molecule has 0 radical (unpaired) electrons. The van der Waals surface area contributed by atoms with Crippen LogP contribution in [0.2, 0.25) is 0 Å². The van der Waals surface area contributed by atoms with Crippen molar-refractivity contribution in [3.05, 3.63) is 70.2 Å². The lowest BCUT2D eigenvalue weighted by Gasteiger charge is -2.32. The highest BCUT2D eigenvalue weighted by atomic mass is 32.1. The van der Waals surface area contributed by atoms with E-state index in [1.54, 1.807) is 24.3 Å². The Bertz CT molecular complexity index is 1270. The zero-order chi connectivity index (χ0) is 26.5. The lowest BCUT2D eigenvalue weighted by molar-refractivity contribution is -0.123. The van der Waals surface area contributed by atoms with Gasteiger partial charge in [-0.25, -0.2) is 0 Å². The predicted molar refractivity (Wildman–Crippen MR) is 144 cm³/mol. The molecule has 0 spiro atoms. The van der Waals surface area contributed by atoms with Gasteiger partial charge in [0.05, 0.1) is 12.3 Å². The van der Waals surface area contributed by atoms with Crippen LogP contribution in [0.3, 0.4) is 0 Å². The van der Waals surface area contributed by atoms with Crippen LogP contribution >= 0.6 is 11.5 Å². The minimum atomic E-state index is -0.995. The first-order valence-electron chi connectivity index (χ1n) is 12.3. The molecule has 1 aromatic heterocycles. The van der Waals surface area contributed by atoms with Gasteiger partial charge in [0.25, 0.3) is 11.8 Å². The van der Waals surface area contributed by atoms with Crippen LogP contribution in [0.5, 0.6) is 5.75 Å². The van der Waals surface area contributed by atoms with Gasteiger partial charge in [0, 0.05) is 11.7 Å². The van der Waals surface area contributed by atoms with E-state index in [1.807, 2.05) is 38.1 Å². The van der Waals surface area contributed by atoms with Crippen LogP contribution in [-0.4, -0.2) is 34.7 Å². The number of carbonyl (C=O) groups excluding carboxylic acids is 3. The number of nitrogens with two attached hydrogens (primary N) is 2. The summed E-state index contributed by atoms with van der Waals surface area (Å²) < 4.78 is 9.56. The lowest BCUT2D eigenvalue weighted by atomic mass is 10.0. The second-order valence-electron chi connectivity index (χ2n) is 9.04. The van der Waals surface area contributed by atoms with Crippen LogP contribution in [0.1, 0.15) is 69.9 Å². The van der Waals surface area contributed by atoms with E-state index in [-0.39, 0.29) is 28.2 Å². The number of primary amides is 1. The number of anilines is 2. The van der Waals surface area contributed by atoms with Crippen LogP contribution in [0, 0.1) is 6.92 Å². The van der Waals surface area contributed by atoms with Crippen molar-refractivity contribution in [3.8, 4) is 5.75 Å². The van der Waals surface area contributed by atoms with E-state index in [9.17, 15) is 14.4 Å². The quantitative estimate of drug-likeness (QED) is 0.389. The number of carbonyl (C=O) groups is 3. The first kappa shape index (κ1) is 26.2. The molecule has 1 heterocycles. The summed E-state index contributed by atoms with van der Waals surface area (Å²) >= 11 is 0.783. The summed E-state index contributed by atoms with van der Waals surface area (Å²) in [4.78, 5) is 41.2. The average molecular weight is 522 g/mol. The summed E-state index contributed by atoms with van der Waals surface area (Å²) in [7, 11) is 0. The molecule has 1 atom stereocenters. The molecule has 37 heavy (non-hydrogen) atoms. The van der Waals surface area contributed by atoms with E-state index in [2.05, 4.69) is 9.69 Å². The van der Waals surface area contributed by atoms with Gasteiger partial charge < -0.3 is 21.5 Å². The second-order valence-corrected chi connectivity index (χ2v) is 9.82. The fraction of sp³-hybridized carbons (Fsp3) is 0.333. The first-order valence-corrected chi connectivity index (χ1v) is 13.1. The largest absolute Gasteiger partial charge is 0.494 e. The molecule has 10 heteroatoms. The maximum Gasteiger partial charge on any atom is 0.273 e. The van der Waals surface area contributed by atoms with Crippen LogP contribution in [-0.2, 0) is 4.79 Å². The maximum atomic E-state index is 14.1. The van der Waals surface area contributed by atoms with Gasteiger partial charge in [-0.2, -0.15) is 4.37 Å². The molecular formula is C27H31N5O4S. The van der Waals surface area contributed by atoms with E-state index in [1.165, 1.54) is 4.90 Å². The highest BCUT2D eigenvalue weighted by Crippen LogP contribution is 2.34. The van der Waals surface area contributed by atoms with Crippen molar-refractivity contribution in [1.29, 1.82) is 0 Å². The third kappa shape index (κ3) is 5.75. The summed E-state index contributed by atoms with van der Waals surface area (Å²) in [5.41, 5.74) is 13.4. The van der Waals surface area contributed by atoms with Crippen molar-refractivity contribution in [1.82, 2.24) is 9.69 Å². The Morgan fingerprint density at radius 1 is 1.11 bits per heavy atom. The van der Waals surface area contributed by atoms with E-state index in [4.69, 9.17) is 16.2 Å². The molecule has 0 bridgehead atoms. The smallest absolute Gasteiger partial charge is 0.273 e. The highest BCUT2D eigenvalue weighted by Gasteiger charge is 2.37. The molecule has 1 aliphatic carbocycles. The topological polar surface area (TPSA) is 141 Å². The van der Waals surface area contributed by atoms with Gasteiger partial charge >= 0.3 is 0 Å². The molecule has 0 aliphatic heterocycles. The third-order valence-corrected chi connectivity index (χ3v) is 7.25. The number of nitrogens with one attached hydrogen (secondary N) is 1. The van der Waals surface area contributed by atoms with E-state index < -0.39 is 17.9 Å². The van der Waals surface area contributed by atoms with E-state index >= 15 is 0 Å². The Labute approximate surface area is 220 Å². The normalized spacial score (nSPS) is 14.2. The summed E-state index contributed by atoms with van der Waals surface area (Å²) in [6.07, 6.45) is 3.89. The van der Waals surface area contributed by atoms with Gasteiger partial charge in [0.1, 0.15) is 16.7 Å². The Hall–Kier alpha value is -3.92. The minimum absolute atomic E-state index is 0.0356. The number of benzene rings is 2. The van der Waals surface area contributed by atoms with Crippen molar-refractivity contribution in [2.45, 2.75) is 51.6 Å².